The van der Waals surface area contributed by atoms with Crippen LogP contribution in [0.3, 0.4) is 0 Å². The van der Waals surface area contributed by atoms with Crippen molar-refractivity contribution < 1.29 is 0 Å². The fourth-order valence-electron chi connectivity index (χ4n) is 11.7. The van der Waals surface area contributed by atoms with E-state index in [1.54, 1.807) is 0 Å². The van der Waals surface area contributed by atoms with Gasteiger partial charge in [-0.15, -0.1) is 22.7 Å². The zero-order valence-electron chi connectivity index (χ0n) is 46.8. The second-order valence-electron chi connectivity index (χ2n) is 26.8. The number of fused-ring (bicyclic) bond motifs is 9. The van der Waals surface area contributed by atoms with Crippen molar-refractivity contribution >= 4 is 109 Å². The summed E-state index contributed by atoms with van der Waals surface area (Å²) in [6, 6.07) is 62.1. The van der Waals surface area contributed by atoms with Crippen LogP contribution in [0.4, 0.5) is 34.1 Å². The third-order valence-corrected chi connectivity index (χ3v) is 18.6. The van der Waals surface area contributed by atoms with Crippen LogP contribution in [0.5, 0.6) is 0 Å². The normalized spacial score (nSPS) is 14.0. The molecule has 10 aromatic rings. The van der Waals surface area contributed by atoms with Crippen LogP contribution >= 0.6 is 22.7 Å². The van der Waals surface area contributed by atoms with E-state index >= 15 is 0 Å². The van der Waals surface area contributed by atoms with E-state index in [9.17, 15) is 0 Å². The third kappa shape index (κ3) is 8.36. The van der Waals surface area contributed by atoms with Crippen LogP contribution in [0, 0.1) is 0 Å². The number of hydrogen-bond acceptors (Lipinski definition) is 4. The number of benzene rings is 8. The maximum Gasteiger partial charge on any atom is 0.264 e. The highest BCUT2D eigenvalue weighted by Crippen LogP contribution is 2.51. The van der Waals surface area contributed by atoms with E-state index in [-0.39, 0.29) is 33.8 Å². The minimum absolute atomic E-state index is 0.0103. The molecule has 376 valence electrons. The Kier molecular flexibility index (Phi) is 11.3. The Morgan fingerprint density at radius 3 is 1.56 bits per heavy atom. The molecule has 0 saturated heterocycles. The van der Waals surface area contributed by atoms with Gasteiger partial charge in [-0.05, 0) is 155 Å². The molecule has 0 amide bonds. The molecular formula is C70H71BN2S2. The fraction of sp³-hybridized carbons (Fsp3) is 0.286. The molecule has 2 aromatic heterocycles. The van der Waals surface area contributed by atoms with Crippen molar-refractivity contribution in [1.82, 2.24) is 0 Å². The molecule has 4 heterocycles. The largest absolute Gasteiger partial charge is 0.311 e. The van der Waals surface area contributed by atoms with Crippen molar-refractivity contribution in [3.63, 3.8) is 0 Å². The van der Waals surface area contributed by atoms with Crippen LogP contribution < -0.4 is 25.5 Å². The van der Waals surface area contributed by atoms with E-state index in [0.29, 0.717) is 0 Å². The summed E-state index contributed by atoms with van der Waals surface area (Å²) in [6.45, 7) is 35.1. The topological polar surface area (TPSA) is 6.48 Å². The van der Waals surface area contributed by atoms with Crippen molar-refractivity contribution in [1.29, 1.82) is 0 Å². The molecule has 0 bridgehead atoms. The van der Waals surface area contributed by atoms with Gasteiger partial charge < -0.3 is 9.80 Å². The highest BCUT2D eigenvalue weighted by Gasteiger charge is 2.46. The highest BCUT2D eigenvalue weighted by atomic mass is 32.1. The lowest BCUT2D eigenvalue weighted by molar-refractivity contribution is 0.569. The monoisotopic (exact) mass is 1010 g/mol. The summed E-state index contributed by atoms with van der Waals surface area (Å²) in [5, 5.41) is 3.95. The number of rotatable bonds is 4. The van der Waals surface area contributed by atoms with Gasteiger partial charge in [-0.2, -0.15) is 0 Å². The molecule has 2 aliphatic heterocycles. The molecule has 0 aliphatic carbocycles. The van der Waals surface area contributed by atoms with E-state index in [4.69, 9.17) is 0 Å². The molecule has 0 fully saturated rings. The molecule has 0 atom stereocenters. The predicted molar refractivity (Wildman–Crippen MR) is 333 cm³/mol. The van der Waals surface area contributed by atoms with Crippen LogP contribution in [-0.2, 0) is 27.1 Å². The average Bonchev–Trinajstić information content (AvgIpc) is 4.09. The Bertz CT molecular complexity index is 3890. The maximum absolute atomic E-state index is 2.63. The molecule has 0 unspecified atom stereocenters. The Morgan fingerprint density at radius 1 is 0.347 bits per heavy atom. The average molecular weight is 1020 g/mol. The second kappa shape index (κ2) is 17.1. The zero-order chi connectivity index (χ0) is 52.9. The number of nitrogens with zero attached hydrogens (tertiary/aromatic N) is 2. The van der Waals surface area contributed by atoms with Gasteiger partial charge in [-0.25, -0.2) is 0 Å². The highest BCUT2D eigenvalue weighted by molar-refractivity contribution is 7.33. The molecular weight excluding hydrogens is 944 g/mol. The first-order chi connectivity index (χ1) is 35.3. The summed E-state index contributed by atoms with van der Waals surface area (Å²) < 4.78 is 5.36. The van der Waals surface area contributed by atoms with E-state index in [1.165, 1.54) is 130 Å². The quantitative estimate of drug-likeness (QED) is 0.162. The molecule has 0 spiro atoms. The molecule has 0 saturated carbocycles. The van der Waals surface area contributed by atoms with Gasteiger partial charge in [0.05, 0.1) is 11.4 Å². The van der Waals surface area contributed by atoms with Gasteiger partial charge in [-0.1, -0.05) is 189 Å². The summed E-state index contributed by atoms with van der Waals surface area (Å²) in [7, 11) is 0. The number of anilines is 6. The molecule has 5 heteroatoms. The summed E-state index contributed by atoms with van der Waals surface area (Å²) in [6.07, 6.45) is 0. The standard InChI is InChI=1S/C70H71BN2S2/c1-66(2,3)45-25-29-50(30-26-45)72-58-20-18-21-59-63(58)71(65-64(72)54-41-47(68(7,8)9)28-34-62(54)75-65)55-38-42(44-35-48(69(10,11)12)39-49(36-44)70(13,14)15)23-31-57(55)73(59)56-32-27-46(67(4,5)6)40-52(56)43-24-33-61-53(37-43)51-19-16-17-22-60(51)74-61/h16-41H,1-15H3. The lowest BCUT2D eigenvalue weighted by Crippen LogP contribution is -2.60. The lowest BCUT2D eigenvalue weighted by Gasteiger charge is -2.43. The van der Waals surface area contributed by atoms with E-state index in [1.807, 2.05) is 22.7 Å². The van der Waals surface area contributed by atoms with Gasteiger partial charge in [0.15, 0.2) is 0 Å². The van der Waals surface area contributed by atoms with Crippen molar-refractivity contribution in [2.24, 2.45) is 0 Å². The van der Waals surface area contributed by atoms with E-state index < -0.39 is 0 Å². The summed E-state index contributed by atoms with van der Waals surface area (Å²) >= 11 is 3.87. The second-order valence-corrected chi connectivity index (χ2v) is 28.9. The first-order valence-corrected chi connectivity index (χ1v) is 28.7. The molecule has 8 aromatic carbocycles. The third-order valence-electron chi connectivity index (χ3n) is 16.2. The van der Waals surface area contributed by atoms with Gasteiger partial charge in [0.2, 0.25) is 0 Å². The predicted octanol–water partition coefficient (Wildman–Crippen LogP) is 19.2. The zero-order valence-corrected chi connectivity index (χ0v) is 48.4. The number of hydrogen-bond donors (Lipinski definition) is 0. The van der Waals surface area contributed by atoms with Gasteiger partial charge in [0.25, 0.3) is 6.71 Å². The van der Waals surface area contributed by atoms with E-state index in [2.05, 4.69) is 271 Å². The maximum atomic E-state index is 2.63. The van der Waals surface area contributed by atoms with Crippen LogP contribution in [-0.4, -0.2) is 6.71 Å². The van der Waals surface area contributed by atoms with Crippen molar-refractivity contribution in [3.8, 4) is 22.3 Å². The first-order valence-electron chi connectivity index (χ1n) is 27.1. The SMILES string of the molecule is CC(C)(C)c1ccc(N2c3cccc4c3B(c3cc(-c5cc(C(C)(C)C)cc(C(C)(C)C)c5)ccc3N4c3ccc(C(C)(C)C)cc3-c3ccc4sc5ccccc5c4c3)c3sc4ccc(C(C)(C)C)cc4c32)cc1. The van der Waals surface area contributed by atoms with Gasteiger partial charge in [-0.3, -0.25) is 0 Å². The van der Waals surface area contributed by atoms with Crippen LogP contribution in [0.2, 0.25) is 0 Å². The Hall–Kier alpha value is -6.40. The summed E-state index contributed by atoms with van der Waals surface area (Å²) in [5.74, 6) is 0. The molecule has 12 rings (SSSR count). The molecule has 0 N–H and O–H groups in total. The van der Waals surface area contributed by atoms with Gasteiger partial charge in [0, 0.05) is 63.3 Å². The molecule has 75 heavy (non-hydrogen) atoms. The smallest absolute Gasteiger partial charge is 0.264 e. The van der Waals surface area contributed by atoms with Gasteiger partial charge in [0.1, 0.15) is 0 Å². The van der Waals surface area contributed by atoms with Crippen LogP contribution in [0.15, 0.2) is 158 Å². The Labute approximate surface area is 455 Å². The summed E-state index contributed by atoms with van der Waals surface area (Å²) in [5.41, 5.74) is 21.7. The minimum Gasteiger partial charge on any atom is -0.311 e. The molecule has 2 aliphatic rings. The first kappa shape index (κ1) is 49.5. The Balaban J connectivity index is 1.18. The van der Waals surface area contributed by atoms with E-state index in [0.717, 1.165) is 0 Å². The van der Waals surface area contributed by atoms with Gasteiger partial charge >= 0.3 is 0 Å². The Morgan fingerprint density at radius 2 is 0.893 bits per heavy atom. The van der Waals surface area contributed by atoms with Crippen molar-refractivity contribution in [2.75, 3.05) is 9.80 Å². The van der Waals surface area contributed by atoms with Crippen LogP contribution in [0.25, 0.3) is 52.5 Å². The summed E-state index contributed by atoms with van der Waals surface area (Å²) in [4.78, 5) is 5.26. The molecule has 2 nitrogen and oxygen atoms in total. The minimum atomic E-state index is -0.0564. The van der Waals surface area contributed by atoms with Crippen molar-refractivity contribution in [2.45, 2.75) is 131 Å². The number of thiophene rings is 2. The lowest BCUT2D eigenvalue weighted by atomic mass is 9.36. The van der Waals surface area contributed by atoms with Crippen molar-refractivity contribution in [3.05, 3.63) is 186 Å². The molecule has 0 radical (unpaired) electrons. The fourth-order valence-corrected chi connectivity index (χ4v) is 14.1. The van der Waals surface area contributed by atoms with Crippen LogP contribution in [0.1, 0.15) is 132 Å².